The van der Waals surface area contributed by atoms with Crippen LogP contribution in [0.5, 0.6) is 0 Å². The van der Waals surface area contributed by atoms with Crippen molar-refractivity contribution in [3.8, 4) is 0 Å². The Morgan fingerprint density at radius 2 is 2.11 bits per heavy atom. The van der Waals surface area contributed by atoms with Gasteiger partial charge in [-0.05, 0) is 12.8 Å². The number of carbonyl (C=O) groups is 1. The molecule has 102 valence electrons. The summed E-state index contributed by atoms with van der Waals surface area (Å²) in [5.74, 6) is -2.61. The van der Waals surface area contributed by atoms with Gasteiger partial charge in [-0.15, -0.1) is 0 Å². The zero-order chi connectivity index (χ0) is 14.0. The number of benzene rings is 1. The highest BCUT2D eigenvalue weighted by atomic mass is 19.1. The Bertz CT molecular complexity index is 532. The van der Waals surface area contributed by atoms with Gasteiger partial charge in [-0.2, -0.15) is 4.39 Å². The van der Waals surface area contributed by atoms with Gasteiger partial charge in [0.2, 0.25) is 11.7 Å². The third-order valence-electron chi connectivity index (χ3n) is 2.59. The molecule has 0 aromatic heterocycles. The number of nitrogens with one attached hydrogen (secondary N) is 2. The lowest BCUT2D eigenvalue weighted by atomic mass is 10.2. The normalized spacial score (nSPS) is 14.0. The van der Waals surface area contributed by atoms with Crippen LogP contribution in [0.25, 0.3) is 0 Å². The molecule has 8 heteroatoms. The van der Waals surface area contributed by atoms with Crippen LogP contribution in [0.4, 0.5) is 20.2 Å². The fourth-order valence-corrected chi connectivity index (χ4v) is 1.57. The molecular formula is C11H11F2N3O3. The Kier molecular flexibility index (Phi) is 3.59. The minimum atomic E-state index is -1.28. The number of nitro groups is 1. The van der Waals surface area contributed by atoms with Gasteiger partial charge in [-0.3, -0.25) is 14.9 Å². The molecule has 1 aliphatic rings. The first-order chi connectivity index (χ1) is 8.97. The van der Waals surface area contributed by atoms with Gasteiger partial charge in [0.1, 0.15) is 11.5 Å². The third-order valence-corrected chi connectivity index (χ3v) is 2.59. The van der Waals surface area contributed by atoms with Crippen LogP contribution in [-0.4, -0.2) is 23.4 Å². The second-order valence-corrected chi connectivity index (χ2v) is 4.24. The van der Waals surface area contributed by atoms with E-state index in [9.17, 15) is 23.7 Å². The molecular weight excluding hydrogens is 260 g/mol. The maximum absolute atomic E-state index is 13.3. The number of halogens is 2. The van der Waals surface area contributed by atoms with Gasteiger partial charge in [0.15, 0.2) is 0 Å². The molecule has 1 aromatic rings. The molecule has 0 radical (unpaired) electrons. The summed E-state index contributed by atoms with van der Waals surface area (Å²) in [4.78, 5) is 21.1. The van der Waals surface area contributed by atoms with Crippen molar-refractivity contribution >= 4 is 17.3 Å². The van der Waals surface area contributed by atoms with Gasteiger partial charge in [0.05, 0.1) is 11.5 Å². The van der Waals surface area contributed by atoms with Crippen molar-refractivity contribution < 1.29 is 18.5 Å². The lowest BCUT2D eigenvalue weighted by molar-refractivity contribution is -0.386. The van der Waals surface area contributed by atoms with Gasteiger partial charge >= 0.3 is 5.69 Å². The molecule has 0 unspecified atom stereocenters. The first-order valence-corrected chi connectivity index (χ1v) is 5.64. The number of rotatable bonds is 5. The molecule has 0 heterocycles. The standard InChI is InChI=1S/C11H11F2N3O3/c12-6-3-8(13)11(16(18)19)9(4-6)14-5-10(17)15-7-1-2-7/h3-4,7,14H,1-2,5H2,(H,15,17). The summed E-state index contributed by atoms with van der Waals surface area (Å²) in [5, 5.41) is 15.7. The van der Waals surface area contributed by atoms with E-state index in [1.807, 2.05) is 0 Å². The Morgan fingerprint density at radius 1 is 1.42 bits per heavy atom. The lowest BCUT2D eigenvalue weighted by Crippen LogP contribution is -2.31. The Balaban J connectivity index is 2.09. The molecule has 6 nitrogen and oxygen atoms in total. The molecule has 0 saturated heterocycles. The minimum Gasteiger partial charge on any atom is -0.370 e. The van der Waals surface area contributed by atoms with E-state index in [4.69, 9.17) is 0 Å². The molecule has 1 aliphatic carbocycles. The highest BCUT2D eigenvalue weighted by molar-refractivity contribution is 5.82. The van der Waals surface area contributed by atoms with Crippen molar-refractivity contribution in [3.05, 3.63) is 33.9 Å². The molecule has 1 saturated carbocycles. The SMILES string of the molecule is O=C(CNc1cc(F)cc(F)c1[N+](=O)[O-])NC1CC1. The number of amides is 1. The van der Waals surface area contributed by atoms with Gasteiger partial charge < -0.3 is 10.6 Å². The summed E-state index contributed by atoms with van der Waals surface area (Å²) in [5.41, 5.74) is -1.23. The van der Waals surface area contributed by atoms with E-state index in [0.29, 0.717) is 6.07 Å². The zero-order valence-corrected chi connectivity index (χ0v) is 9.78. The quantitative estimate of drug-likeness (QED) is 0.628. The number of nitrogens with zero attached hydrogens (tertiary/aromatic N) is 1. The van der Waals surface area contributed by atoms with Crippen LogP contribution in [0.3, 0.4) is 0 Å². The van der Waals surface area contributed by atoms with Crippen molar-refractivity contribution in [2.75, 3.05) is 11.9 Å². The fourth-order valence-electron chi connectivity index (χ4n) is 1.57. The number of carbonyl (C=O) groups excluding carboxylic acids is 1. The summed E-state index contributed by atoms with van der Waals surface area (Å²) < 4.78 is 26.3. The molecule has 0 aliphatic heterocycles. The summed E-state index contributed by atoms with van der Waals surface area (Å²) in [7, 11) is 0. The van der Waals surface area contributed by atoms with Crippen LogP contribution < -0.4 is 10.6 Å². The number of hydrogen-bond acceptors (Lipinski definition) is 4. The summed E-state index contributed by atoms with van der Waals surface area (Å²) >= 11 is 0. The second-order valence-electron chi connectivity index (χ2n) is 4.24. The number of hydrogen-bond donors (Lipinski definition) is 2. The average Bonchev–Trinajstić information content (AvgIpc) is 3.08. The Hall–Kier alpha value is -2.25. The third kappa shape index (κ3) is 3.36. The van der Waals surface area contributed by atoms with Crippen LogP contribution in [0, 0.1) is 21.7 Å². The van der Waals surface area contributed by atoms with Gasteiger partial charge in [-0.1, -0.05) is 0 Å². The van der Waals surface area contributed by atoms with Crippen LogP contribution in [0.2, 0.25) is 0 Å². The molecule has 0 spiro atoms. The first-order valence-electron chi connectivity index (χ1n) is 5.64. The van der Waals surface area contributed by atoms with E-state index in [2.05, 4.69) is 10.6 Å². The van der Waals surface area contributed by atoms with Crippen molar-refractivity contribution in [1.82, 2.24) is 5.32 Å². The molecule has 0 bridgehead atoms. The van der Waals surface area contributed by atoms with E-state index < -0.39 is 22.2 Å². The van der Waals surface area contributed by atoms with E-state index in [0.717, 1.165) is 18.9 Å². The molecule has 2 rings (SSSR count). The molecule has 19 heavy (non-hydrogen) atoms. The lowest BCUT2D eigenvalue weighted by Gasteiger charge is -2.08. The predicted octanol–water partition coefficient (Wildman–Crippen LogP) is 1.56. The van der Waals surface area contributed by atoms with E-state index in [1.165, 1.54) is 0 Å². The fraction of sp³-hybridized carbons (Fsp3) is 0.364. The number of anilines is 1. The largest absolute Gasteiger partial charge is 0.370 e. The molecule has 1 aromatic carbocycles. The molecule has 2 N–H and O–H groups in total. The van der Waals surface area contributed by atoms with E-state index in [-0.39, 0.29) is 24.2 Å². The highest BCUT2D eigenvalue weighted by Gasteiger charge is 2.25. The van der Waals surface area contributed by atoms with Crippen LogP contribution in [0.15, 0.2) is 12.1 Å². The maximum atomic E-state index is 13.3. The van der Waals surface area contributed by atoms with Crippen LogP contribution in [-0.2, 0) is 4.79 Å². The molecule has 0 atom stereocenters. The number of nitro benzene ring substituents is 1. The van der Waals surface area contributed by atoms with Crippen LogP contribution >= 0.6 is 0 Å². The van der Waals surface area contributed by atoms with E-state index >= 15 is 0 Å². The van der Waals surface area contributed by atoms with Crippen molar-refractivity contribution in [1.29, 1.82) is 0 Å². The smallest absolute Gasteiger partial charge is 0.327 e. The van der Waals surface area contributed by atoms with Crippen molar-refractivity contribution in [2.45, 2.75) is 18.9 Å². The van der Waals surface area contributed by atoms with Crippen LogP contribution in [0.1, 0.15) is 12.8 Å². The first kappa shape index (κ1) is 13.2. The second kappa shape index (κ2) is 5.17. The predicted molar refractivity (Wildman–Crippen MR) is 62.7 cm³/mol. The highest BCUT2D eigenvalue weighted by Crippen LogP contribution is 2.28. The Labute approximate surface area is 106 Å². The van der Waals surface area contributed by atoms with E-state index in [1.54, 1.807) is 0 Å². The molecule has 1 amide bonds. The van der Waals surface area contributed by atoms with Crippen molar-refractivity contribution in [2.24, 2.45) is 0 Å². The topological polar surface area (TPSA) is 84.3 Å². The average molecular weight is 271 g/mol. The summed E-state index contributed by atoms with van der Waals surface area (Å²) in [6, 6.07) is 1.35. The summed E-state index contributed by atoms with van der Waals surface area (Å²) in [6.45, 7) is -0.278. The molecule has 1 fully saturated rings. The maximum Gasteiger partial charge on any atom is 0.327 e. The van der Waals surface area contributed by atoms with Gasteiger partial charge in [0, 0.05) is 18.2 Å². The van der Waals surface area contributed by atoms with Gasteiger partial charge in [-0.25, -0.2) is 4.39 Å². The summed E-state index contributed by atoms with van der Waals surface area (Å²) in [6.07, 6.45) is 1.81. The monoisotopic (exact) mass is 271 g/mol. The minimum absolute atomic E-state index is 0.147. The van der Waals surface area contributed by atoms with Gasteiger partial charge in [0.25, 0.3) is 0 Å². The zero-order valence-electron chi connectivity index (χ0n) is 9.78. The van der Waals surface area contributed by atoms with Crippen molar-refractivity contribution in [3.63, 3.8) is 0 Å². The Morgan fingerprint density at radius 3 is 2.68 bits per heavy atom.